The molecule has 108 valence electrons. The van der Waals surface area contributed by atoms with E-state index in [1.807, 2.05) is 6.07 Å². The first-order chi connectivity index (χ1) is 9.88. The van der Waals surface area contributed by atoms with Gasteiger partial charge in [0.05, 0.1) is 11.6 Å². The number of nitrogens with one attached hydrogen (secondary N) is 3. The van der Waals surface area contributed by atoms with Gasteiger partial charge < -0.3 is 5.32 Å². The minimum atomic E-state index is -0.406. The van der Waals surface area contributed by atoms with Crippen LogP contribution >= 0.6 is 0 Å². The second kappa shape index (κ2) is 5.67. The Bertz CT molecular complexity index is 691. The fraction of sp³-hybridized carbons (Fsp3) is 0.267. The zero-order valence-electron chi connectivity index (χ0n) is 12.2. The molecule has 1 aromatic carbocycles. The Hall–Kier alpha value is -2.81. The highest BCUT2D eigenvalue weighted by Crippen LogP contribution is 2.22. The molecule has 21 heavy (non-hydrogen) atoms. The van der Waals surface area contributed by atoms with Crippen LogP contribution in [0.5, 0.6) is 0 Å². The Kier molecular flexibility index (Phi) is 3.94. The van der Waals surface area contributed by atoms with Gasteiger partial charge in [0.1, 0.15) is 0 Å². The summed E-state index contributed by atoms with van der Waals surface area (Å²) < 4.78 is 0. The van der Waals surface area contributed by atoms with Crippen LogP contribution < -0.4 is 10.6 Å². The molecule has 0 aliphatic carbocycles. The minimum Gasteiger partial charge on any atom is -0.308 e. The summed E-state index contributed by atoms with van der Waals surface area (Å²) in [6.45, 7) is 6.16. The van der Waals surface area contributed by atoms with Gasteiger partial charge in [0.25, 0.3) is 0 Å². The van der Waals surface area contributed by atoms with Gasteiger partial charge in [-0.25, -0.2) is 4.79 Å². The number of benzene rings is 1. The van der Waals surface area contributed by atoms with Gasteiger partial charge in [0.2, 0.25) is 0 Å². The fourth-order valence-electron chi connectivity index (χ4n) is 1.72. The minimum absolute atomic E-state index is 0.0649. The molecule has 0 atom stereocenters. The molecule has 0 aliphatic heterocycles. The lowest BCUT2D eigenvalue weighted by atomic mass is 9.92. The van der Waals surface area contributed by atoms with E-state index >= 15 is 0 Å². The second-order valence-electron chi connectivity index (χ2n) is 5.69. The molecule has 0 saturated carbocycles. The Morgan fingerprint density at radius 1 is 1.29 bits per heavy atom. The van der Waals surface area contributed by atoms with Crippen molar-refractivity contribution >= 4 is 17.5 Å². The molecular formula is C15H17N5O. The van der Waals surface area contributed by atoms with E-state index in [9.17, 15) is 4.79 Å². The van der Waals surface area contributed by atoms with E-state index in [0.717, 1.165) is 5.69 Å². The summed E-state index contributed by atoms with van der Waals surface area (Å²) in [4.78, 5) is 11.9. The molecule has 0 radical (unpaired) electrons. The Morgan fingerprint density at radius 2 is 2.05 bits per heavy atom. The van der Waals surface area contributed by atoms with E-state index in [0.29, 0.717) is 17.1 Å². The van der Waals surface area contributed by atoms with Crippen LogP contribution in [0.4, 0.5) is 16.3 Å². The standard InChI is InChI=1S/C15H17N5O/c1-15(2,3)12-8-13(20-19-12)18-14(21)17-11-6-4-5-10(7-11)9-16/h4-8H,1-3H3,(H3,17,18,19,20,21). The zero-order valence-corrected chi connectivity index (χ0v) is 12.2. The van der Waals surface area contributed by atoms with Gasteiger partial charge >= 0.3 is 6.03 Å². The molecule has 2 amide bonds. The van der Waals surface area contributed by atoms with E-state index in [1.165, 1.54) is 0 Å². The molecule has 0 bridgehead atoms. The lowest BCUT2D eigenvalue weighted by molar-refractivity contribution is 0.262. The summed E-state index contributed by atoms with van der Waals surface area (Å²) in [5.74, 6) is 0.453. The smallest absolute Gasteiger partial charge is 0.308 e. The molecule has 2 aromatic rings. The summed E-state index contributed by atoms with van der Waals surface area (Å²) >= 11 is 0. The number of rotatable bonds is 2. The lowest BCUT2D eigenvalue weighted by Gasteiger charge is -2.14. The van der Waals surface area contributed by atoms with Crippen molar-refractivity contribution in [1.82, 2.24) is 10.2 Å². The molecule has 1 heterocycles. The molecule has 0 spiro atoms. The first kappa shape index (κ1) is 14.6. The Balaban J connectivity index is 2.02. The zero-order chi connectivity index (χ0) is 15.5. The summed E-state index contributed by atoms with van der Waals surface area (Å²) in [6, 6.07) is 10.1. The highest BCUT2D eigenvalue weighted by atomic mass is 16.2. The number of hydrogen-bond donors (Lipinski definition) is 3. The maximum atomic E-state index is 11.9. The van der Waals surface area contributed by atoms with Crippen LogP contribution in [-0.2, 0) is 5.41 Å². The predicted molar refractivity (Wildman–Crippen MR) is 81.1 cm³/mol. The van der Waals surface area contributed by atoms with Gasteiger partial charge in [0, 0.05) is 22.9 Å². The van der Waals surface area contributed by atoms with Crippen LogP contribution in [0.2, 0.25) is 0 Å². The monoisotopic (exact) mass is 283 g/mol. The van der Waals surface area contributed by atoms with Crippen LogP contribution in [0.25, 0.3) is 0 Å². The number of urea groups is 1. The molecule has 0 unspecified atom stereocenters. The fourth-order valence-corrected chi connectivity index (χ4v) is 1.72. The van der Waals surface area contributed by atoms with Crippen molar-refractivity contribution in [1.29, 1.82) is 5.26 Å². The molecule has 6 nitrogen and oxygen atoms in total. The normalized spacial score (nSPS) is 10.8. The number of nitriles is 1. The quantitative estimate of drug-likeness (QED) is 0.789. The lowest BCUT2D eigenvalue weighted by Crippen LogP contribution is -2.19. The molecule has 2 rings (SSSR count). The highest BCUT2D eigenvalue weighted by Gasteiger charge is 2.17. The van der Waals surface area contributed by atoms with E-state index in [-0.39, 0.29) is 5.41 Å². The predicted octanol–water partition coefficient (Wildman–Crippen LogP) is 3.22. The summed E-state index contributed by atoms with van der Waals surface area (Å²) in [5.41, 5.74) is 1.91. The number of nitrogens with zero attached hydrogens (tertiary/aromatic N) is 2. The third-order valence-corrected chi connectivity index (χ3v) is 2.88. The van der Waals surface area contributed by atoms with Crippen LogP contribution in [-0.4, -0.2) is 16.2 Å². The topological polar surface area (TPSA) is 93.6 Å². The largest absolute Gasteiger partial charge is 0.324 e. The molecule has 3 N–H and O–H groups in total. The van der Waals surface area contributed by atoms with E-state index in [2.05, 4.69) is 41.6 Å². The summed E-state index contributed by atoms with van der Waals surface area (Å²) in [5, 5.41) is 21.1. The van der Waals surface area contributed by atoms with Crippen molar-refractivity contribution in [2.75, 3.05) is 10.6 Å². The number of anilines is 2. The number of hydrogen-bond acceptors (Lipinski definition) is 3. The third-order valence-electron chi connectivity index (χ3n) is 2.88. The third kappa shape index (κ3) is 3.83. The van der Waals surface area contributed by atoms with Gasteiger partial charge in [-0.2, -0.15) is 10.4 Å². The first-order valence-electron chi connectivity index (χ1n) is 6.52. The molecular weight excluding hydrogens is 266 g/mol. The van der Waals surface area contributed by atoms with Crippen LogP contribution in [0.1, 0.15) is 32.0 Å². The van der Waals surface area contributed by atoms with E-state index in [4.69, 9.17) is 5.26 Å². The number of carbonyl (C=O) groups is 1. The average Bonchev–Trinajstić information content (AvgIpc) is 2.87. The van der Waals surface area contributed by atoms with Crippen LogP contribution in [0.3, 0.4) is 0 Å². The number of H-pyrrole nitrogens is 1. The average molecular weight is 283 g/mol. The molecule has 6 heteroatoms. The second-order valence-corrected chi connectivity index (χ2v) is 5.69. The number of aromatic nitrogens is 2. The van der Waals surface area contributed by atoms with Crippen molar-refractivity contribution in [3.8, 4) is 6.07 Å². The van der Waals surface area contributed by atoms with Crippen molar-refractivity contribution in [3.05, 3.63) is 41.6 Å². The van der Waals surface area contributed by atoms with Crippen molar-refractivity contribution < 1.29 is 4.79 Å². The van der Waals surface area contributed by atoms with Crippen molar-refractivity contribution in [2.24, 2.45) is 0 Å². The molecule has 1 aromatic heterocycles. The molecule has 0 aliphatic rings. The highest BCUT2D eigenvalue weighted by molar-refractivity contribution is 5.99. The maximum absolute atomic E-state index is 11.9. The number of amides is 2. The van der Waals surface area contributed by atoms with Crippen LogP contribution in [0, 0.1) is 11.3 Å². The van der Waals surface area contributed by atoms with Crippen molar-refractivity contribution in [2.45, 2.75) is 26.2 Å². The van der Waals surface area contributed by atoms with Gasteiger partial charge in [-0.05, 0) is 18.2 Å². The summed E-state index contributed by atoms with van der Waals surface area (Å²) in [7, 11) is 0. The Morgan fingerprint density at radius 3 is 2.67 bits per heavy atom. The summed E-state index contributed by atoms with van der Waals surface area (Å²) in [6.07, 6.45) is 0. The van der Waals surface area contributed by atoms with E-state index in [1.54, 1.807) is 30.3 Å². The van der Waals surface area contributed by atoms with Crippen molar-refractivity contribution in [3.63, 3.8) is 0 Å². The number of aromatic amines is 1. The molecule has 0 saturated heterocycles. The SMILES string of the molecule is CC(C)(C)c1cc(NC(=O)Nc2cccc(C#N)c2)n[nH]1. The first-order valence-corrected chi connectivity index (χ1v) is 6.52. The van der Waals surface area contributed by atoms with Gasteiger partial charge in [-0.15, -0.1) is 0 Å². The molecule has 0 fully saturated rings. The van der Waals surface area contributed by atoms with Gasteiger partial charge in [-0.1, -0.05) is 26.8 Å². The maximum Gasteiger partial charge on any atom is 0.324 e. The van der Waals surface area contributed by atoms with Crippen LogP contribution in [0.15, 0.2) is 30.3 Å². The van der Waals surface area contributed by atoms with E-state index < -0.39 is 6.03 Å². The van der Waals surface area contributed by atoms with Gasteiger partial charge in [0.15, 0.2) is 5.82 Å². The number of carbonyl (C=O) groups excluding carboxylic acids is 1. The Labute approximate surface area is 123 Å². The van der Waals surface area contributed by atoms with Gasteiger partial charge in [-0.3, -0.25) is 10.4 Å².